The Hall–Kier alpha value is -2.41. The number of hydrogen-bond donors (Lipinski definition) is 1. The van der Waals surface area contributed by atoms with Crippen molar-refractivity contribution in [2.24, 2.45) is 4.40 Å². The van der Waals surface area contributed by atoms with Gasteiger partial charge in [0.2, 0.25) is 0 Å². The molecular formula is C22H27N3O3S. The lowest BCUT2D eigenvalue weighted by atomic mass is 9.69. The molecule has 1 N–H and O–H groups in total. The highest BCUT2D eigenvalue weighted by Gasteiger charge is 2.34. The molecule has 1 aliphatic carbocycles. The minimum atomic E-state index is -3.39. The van der Waals surface area contributed by atoms with Crippen LogP contribution in [0.1, 0.15) is 43.2 Å². The Balaban J connectivity index is 1.49. The van der Waals surface area contributed by atoms with Crippen LogP contribution in [0.4, 0.5) is 0 Å². The number of hydrogen-bond acceptors (Lipinski definition) is 4. The van der Waals surface area contributed by atoms with Gasteiger partial charge in [0.05, 0.1) is 11.3 Å². The number of amidine groups is 1. The third-order valence-electron chi connectivity index (χ3n) is 6.11. The molecule has 0 saturated heterocycles. The van der Waals surface area contributed by atoms with Crippen molar-refractivity contribution >= 4 is 21.8 Å². The largest absolute Gasteiger partial charge is 0.351 e. The van der Waals surface area contributed by atoms with Crippen LogP contribution >= 0.6 is 0 Å². The summed E-state index contributed by atoms with van der Waals surface area (Å²) >= 11 is 0. The molecule has 0 spiro atoms. The molecule has 1 aromatic carbocycles. The van der Waals surface area contributed by atoms with Gasteiger partial charge in [-0.05, 0) is 37.5 Å². The molecule has 1 saturated carbocycles. The highest BCUT2D eigenvalue weighted by atomic mass is 32.2. The fourth-order valence-corrected chi connectivity index (χ4v) is 5.43. The van der Waals surface area contributed by atoms with E-state index in [1.165, 1.54) is 30.4 Å². The number of nitrogens with zero attached hydrogens (tertiary/aromatic N) is 2. The van der Waals surface area contributed by atoms with Crippen LogP contribution in [0.2, 0.25) is 0 Å². The molecule has 3 aliphatic rings. The van der Waals surface area contributed by atoms with Crippen molar-refractivity contribution in [3.8, 4) is 0 Å². The minimum absolute atomic E-state index is 0.0231. The fourth-order valence-electron chi connectivity index (χ4n) is 4.46. The molecule has 0 bridgehead atoms. The van der Waals surface area contributed by atoms with Crippen LogP contribution < -0.4 is 5.32 Å². The predicted octanol–water partition coefficient (Wildman–Crippen LogP) is 2.81. The van der Waals surface area contributed by atoms with Crippen LogP contribution in [0.15, 0.2) is 52.6 Å². The smallest absolute Gasteiger partial charge is 0.256 e. The van der Waals surface area contributed by atoms with Gasteiger partial charge in [-0.1, -0.05) is 49.1 Å². The molecule has 2 heterocycles. The van der Waals surface area contributed by atoms with E-state index >= 15 is 0 Å². The lowest BCUT2D eigenvalue weighted by Gasteiger charge is -2.38. The number of amides is 1. The van der Waals surface area contributed by atoms with E-state index in [2.05, 4.69) is 40.9 Å². The Morgan fingerprint density at radius 1 is 1.21 bits per heavy atom. The normalized spacial score (nSPS) is 22.3. The first-order valence-electron chi connectivity index (χ1n) is 10.2. The zero-order chi connectivity index (χ0) is 20.5. The maximum Gasteiger partial charge on any atom is 0.256 e. The first-order valence-corrected chi connectivity index (χ1v) is 11.8. The average Bonchev–Trinajstić information content (AvgIpc) is 2.72. The van der Waals surface area contributed by atoms with E-state index in [-0.39, 0.29) is 17.1 Å². The maximum absolute atomic E-state index is 12.9. The number of carbonyl (C=O) groups excluding carboxylic acids is 1. The van der Waals surface area contributed by atoms with E-state index in [1.807, 2.05) is 0 Å². The molecule has 2 aliphatic heterocycles. The van der Waals surface area contributed by atoms with E-state index in [1.54, 1.807) is 23.3 Å². The summed E-state index contributed by atoms with van der Waals surface area (Å²) in [5.41, 5.74) is 3.05. The molecule has 29 heavy (non-hydrogen) atoms. The van der Waals surface area contributed by atoms with Crippen LogP contribution in [0.25, 0.3) is 0 Å². The average molecular weight is 414 g/mol. The van der Waals surface area contributed by atoms with Gasteiger partial charge in [-0.3, -0.25) is 4.79 Å². The Morgan fingerprint density at radius 2 is 2.00 bits per heavy atom. The van der Waals surface area contributed by atoms with Crippen LogP contribution in [-0.2, 0) is 20.2 Å². The molecule has 0 unspecified atom stereocenters. The Bertz CT molecular complexity index is 1000. The highest BCUT2D eigenvalue weighted by molar-refractivity contribution is 7.90. The Labute approximate surface area is 172 Å². The molecule has 0 radical (unpaired) electrons. The number of aryl methyl sites for hydroxylation is 1. The molecule has 6 nitrogen and oxygen atoms in total. The molecule has 154 valence electrons. The lowest BCUT2D eigenvalue weighted by molar-refractivity contribution is -0.117. The maximum atomic E-state index is 12.9. The number of sulfonamides is 1. The third-order valence-corrected chi connectivity index (χ3v) is 7.28. The van der Waals surface area contributed by atoms with Crippen molar-refractivity contribution in [3.63, 3.8) is 0 Å². The van der Waals surface area contributed by atoms with Gasteiger partial charge in [0.15, 0.2) is 0 Å². The van der Waals surface area contributed by atoms with E-state index in [4.69, 9.17) is 0 Å². The van der Waals surface area contributed by atoms with Crippen LogP contribution in [0.3, 0.4) is 0 Å². The molecule has 7 heteroatoms. The van der Waals surface area contributed by atoms with Crippen LogP contribution in [0, 0.1) is 6.92 Å². The monoisotopic (exact) mass is 413 g/mol. The Kier molecular flexibility index (Phi) is 5.34. The van der Waals surface area contributed by atoms with E-state index in [9.17, 15) is 13.2 Å². The van der Waals surface area contributed by atoms with Crippen molar-refractivity contribution in [1.82, 2.24) is 10.2 Å². The number of nitrogens with one attached hydrogen (secondary N) is 1. The topological polar surface area (TPSA) is 78.8 Å². The summed E-state index contributed by atoms with van der Waals surface area (Å²) in [7, 11) is -3.39. The minimum Gasteiger partial charge on any atom is -0.351 e. The van der Waals surface area contributed by atoms with Crippen molar-refractivity contribution in [1.29, 1.82) is 0 Å². The summed E-state index contributed by atoms with van der Waals surface area (Å²) < 4.78 is 27.0. The van der Waals surface area contributed by atoms with Gasteiger partial charge in [-0.15, -0.1) is 4.40 Å². The second-order valence-electron chi connectivity index (χ2n) is 8.24. The summed E-state index contributed by atoms with van der Waals surface area (Å²) in [6, 6.07) is 8.63. The standard InChI is InChI=1S/C22H27N3O3S/c1-17-6-5-7-19(14-17)22(10-3-2-4-11-22)16-23-21(26)18-8-9-20-24-29(27,28)13-12-25(20)15-18/h5-9,14-15H,2-4,10-13,16H2,1H3,(H,23,26). The second kappa shape index (κ2) is 7.78. The molecule has 1 fully saturated rings. The van der Waals surface area contributed by atoms with Crippen molar-refractivity contribution in [2.75, 3.05) is 18.8 Å². The quantitative estimate of drug-likeness (QED) is 0.823. The van der Waals surface area contributed by atoms with Crippen LogP contribution in [0.5, 0.6) is 0 Å². The lowest BCUT2D eigenvalue weighted by Crippen LogP contribution is -2.43. The van der Waals surface area contributed by atoms with E-state index < -0.39 is 10.0 Å². The number of fused-ring (bicyclic) bond motifs is 1. The first-order chi connectivity index (χ1) is 13.9. The predicted molar refractivity (Wildman–Crippen MR) is 114 cm³/mol. The highest BCUT2D eigenvalue weighted by Crippen LogP contribution is 2.39. The summed E-state index contributed by atoms with van der Waals surface area (Å²) in [4.78, 5) is 14.6. The summed E-state index contributed by atoms with van der Waals surface area (Å²) in [6.45, 7) is 3.03. The first kappa shape index (κ1) is 19.9. The van der Waals surface area contributed by atoms with Gasteiger partial charge in [0, 0.05) is 24.7 Å². The van der Waals surface area contributed by atoms with Gasteiger partial charge in [-0.2, -0.15) is 0 Å². The SMILES string of the molecule is Cc1cccc(C2(CNC(=O)C3=CN4CCS(=O)(=O)N=C4C=C3)CCCCC2)c1. The second-order valence-corrected chi connectivity index (χ2v) is 9.99. The number of carbonyl (C=O) groups is 1. The zero-order valence-electron chi connectivity index (χ0n) is 16.7. The van der Waals surface area contributed by atoms with Crippen LogP contribution in [-0.4, -0.2) is 43.9 Å². The molecule has 1 aromatic rings. The summed E-state index contributed by atoms with van der Waals surface area (Å²) in [5.74, 6) is 0.203. The zero-order valence-corrected chi connectivity index (χ0v) is 17.5. The summed E-state index contributed by atoms with van der Waals surface area (Å²) in [5, 5.41) is 3.15. The van der Waals surface area contributed by atoms with Crippen molar-refractivity contribution in [2.45, 2.75) is 44.4 Å². The van der Waals surface area contributed by atoms with E-state index in [0.29, 0.717) is 24.5 Å². The van der Waals surface area contributed by atoms with Gasteiger partial charge in [-0.25, -0.2) is 8.42 Å². The molecular weight excluding hydrogens is 386 g/mol. The number of benzene rings is 1. The summed E-state index contributed by atoms with van der Waals surface area (Å²) in [6.07, 6.45) is 10.7. The number of rotatable bonds is 4. The van der Waals surface area contributed by atoms with E-state index in [0.717, 1.165) is 12.8 Å². The fraction of sp³-hybridized carbons (Fsp3) is 0.455. The van der Waals surface area contributed by atoms with Gasteiger partial charge < -0.3 is 10.2 Å². The molecule has 4 rings (SSSR count). The van der Waals surface area contributed by atoms with Gasteiger partial charge in [0.1, 0.15) is 5.84 Å². The van der Waals surface area contributed by atoms with Crippen molar-refractivity contribution < 1.29 is 13.2 Å². The van der Waals surface area contributed by atoms with Gasteiger partial charge >= 0.3 is 0 Å². The molecule has 0 atom stereocenters. The Morgan fingerprint density at radius 3 is 2.76 bits per heavy atom. The molecule has 1 amide bonds. The third kappa shape index (κ3) is 4.29. The molecule has 0 aromatic heterocycles. The van der Waals surface area contributed by atoms with Gasteiger partial charge in [0.25, 0.3) is 15.9 Å². The van der Waals surface area contributed by atoms with Crippen molar-refractivity contribution in [3.05, 3.63) is 59.3 Å².